The molecule has 6 nitrogen and oxygen atoms in total. The second kappa shape index (κ2) is 16.2. The van der Waals surface area contributed by atoms with E-state index < -0.39 is 10.8 Å². The van der Waals surface area contributed by atoms with E-state index in [0.717, 1.165) is 38.5 Å². The third-order valence-electron chi connectivity index (χ3n) is 8.98. The highest BCUT2D eigenvalue weighted by Gasteiger charge is 2.43. The topological polar surface area (TPSA) is 92.3 Å². The van der Waals surface area contributed by atoms with Crippen molar-refractivity contribution in [2.24, 2.45) is 10.8 Å². The van der Waals surface area contributed by atoms with Crippen molar-refractivity contribution in [3.05, 3.63) is 93.1 Å². The molecule has 0 aromatic heterocycles. The van der Waals surface area contributed by atoms with Crippen LogP contribution in [0.3, 0.4) is 0 Å². The Morgan fingerprint density at radius 3 is 1.24 bits per heavy atom. The summed E-state index contributed by atoms with van der Waals surface area (Å²) in [5.41, 5.74) is 4.75. The maximum atomic E-state index is 13.8. The monoisotopic (exact) mass is 626 g/mol. The van der Waals surface area contributed by atoms with Crippen LogP contribution in [0.25, 0.3) is 0 Å². The van der Waals surface area contributed by atoms with Crippen LogP contribution in [0.5, 0.6) is 0 Å². The molecule has 0 unspecified atom stereocenters. The van der Waals surface area contributed by atoms with Gasteiger partial charge in [-0.2, -0.15) is 0 Å². The zero-order valence-corrected chi connectivity index (χ0v) is 29.3. The van der Waals surface area contributed by atoms with Gasteiger partial charge < -0.3 is 10.6 Å². The van der Waals surface area contributed by atoms with Crippen molar-refractivity contribution in [3.63, 3.8) is 0 Å². The molecule has 0 aliphatic heterocycles. The van der Waals surface area contributed by atoms with Crippen molar-refractivity contribution < 1.29 is 19.2 Å². The van der Waals surface area contributed by atoms with Crippen LogP contribution in [0.4, 0.5) is 0 Å². The van der Waals surface area contributed by atoms with Gasteiger partial charge in [0.2, 0.25) is 11.8 Å². The number of aryl methyl sites for hydroxylation is 2. The Morgan fingerprint density at radius 2 is 0.913 bits per heavy atom. The largest absolute Gasteiger partial charge is 0.356 e. The molecule has 0 bridgehead atoms. The summed E-state index contributed by atoms with van der Waals surface area (Å²) >= 11 is 0. The Morgan fingerprint density at radius 1 is 0.587 bits per heavy atom. The lowest BCUT2D eigenvalue weighted by Gasteiger charge is -2.36. The van der Waals surface area contributed by atoms with Crippen LogP contribution in [0, 0.1) is 10.8 Å². The number of rotatable bonds is 16. The fourth-order valence-electron chi connectivity index (χ4n) is 6.83. The molecule has 46 heavy (non-hydrogen) atoms. The zero-order valence-electron chi connectivity index (χ0n) is 29.3. The number of ketones is 2. The second-order valence-corrected chi connectivity index (χ2v) is 14.1. The van der Waals surface area contributed by atoms with Gasteiger partial charge in [-0.25, -0.2) is 0 Å². The van der Waals surface area contributed by atoms with Gasteiger partial charge in [-0.3, -0.25) is 19.2 Å². The lowest BCUT2D eigenvalue weighted by molar-refractivity contribution is -0.124. The first-order chi connectivity index (χ1) is 21.7. The molecule has 2 amide bonds. The zero-order chi connectivity index (χ0) is 34.1. The Hall–Kier alpha value is -3.80. The number of allylic oxidation sites excluding steroid dienone is 4. The number of hydrogen-bond acceptors (Lipinski definition) is 4. The molecular formula is C40H54N2O4. The first-order valence-corrected chi connectivity index (χ1v) is 16.9. The second-order valence-electron chi connectivity index (χ2n) is 14.1. The van der Waals surface area contributed by atoms with Crippen LogP contribution >= 0.6 is 0 Å². The van der Waals surface area contributed by atoms with Crippen molar-refractivity contribution in [1.82, 2.24) is 10.6 Å². The molecule has 1 aliphatic carbocycles. The Balaban J connectivity index is 1.62. The van der Waals surface area contributed by atoms with Crippen molar-refractivity contribution in [2.45, 2.75) is 107 Å². The number of Topliss-reactive ketones (excluding diaryl/α,β-unsaturated/α-hetero) is 2. The molecule has 248 valence electrons. The van der Waals surface area contributed by atoms with Gasteiger partial charge in [-0.1, -0.05) is 103 Å². The normalized spacial score (nSPS) is 14.2. The van der Waals surface area contributed by atoms with E-state index in [4.69, 9.17) is 0 Å². The molecule has 0 fully saturated rings. The van der Waals surface area contributed by atoms with E-state index >= 15 is 0 Å². The third kappa shape index (κ3) is 9.60. The highest BCUT2D eigenvalue weighted by molar-refractivity contribution is 6.26. The first kappa shape index (κ1) is 36.7. The summed E-state index contributed by atoms with van der Waals surface area (Å²) in [7, 11) is 0. The van der Waals surface area contributed by atoms with Crippen molar-refractivity contribution in [2.75, 3.05) is 13.1 Å². The van der Waals surface area contributed by atoms with Gasteiger partial charge in [-0.05, 0) is 61.8 Å². The average molecular weight is 627 g/mol. The maximum absolute atomic E-state index is 13.8. The number of amides is 2. The fourth-order valence-corrected chi connectivity index (χ4v) is 6.83. The van der Waals surface area contributed by atoms with E-state index in [-0.39, 0.29) is 36.2 Å². The van der Waals surface area contributed by atoms with Gasteiger partial charge in [0, 0.05) is 59.1 Å². The first-order valence-electron chi connectivity index (χ1n) is 16.9. The number of nitrogens with one attached hydrogen (secondary N) is 2. The fraction of sp³-hybridized carbons (Fsp3) is 0.500. The van der Waals surface area contributed by atoms with E-state index in [2.05, 4.69) is 73.0 Å². The van der Waals surface area contributed by atoms with Crippen LogP contribution in [0.1, 0.15) is 103 Å². The minimum absolute atomic E-state index is 0.0876. The van der Waals surface area contributed by atoms with Crippen LogP contribution in [-0.2, 0) is 44.9 Å². The average Bonchev–Trinajstić information content (AvgIpc) is 2.96. The quantitative estimate of drug-likeness (QED) is 0.192. The van der Waals surface area contributed by atoms with Gasteiger partial charge in [0.05, 0.1) is 0 Å². The molecule has 1 aliphatic rings. The predicted octanol–water partition coefficient (Wildman–Crippen LogP) is 7.23. The molecule has 2 aromatic rings. The van der Waals surface area contributed by atoms with Crippen LogP contribution in [0.2, 0.25) is 0 Å². The van der Waals surface area contributed by atoms with Gasteiger partial charge in [0.1, 0.15) is 0 Å². The number of hydrogen-bond donors (Lipinski definition) is 2. The van der Waals surface area contributed by atoms with E-state index in [1.807, 2.05) is 27.7 Å². The molecule has 0 radical (unpaired) electrons. The molecule has 2 aromatic carbocycles. The summed E-state index contributed by atoms with van der Waals surface area (Å²) < 4.78 is 0. The molecule has 0 atom stereocenters. The van der Waals surface area contributed by atoms with Crippen molar-refractivity contribution in [1.29, 1.82) is 0 Å². The summed E-state index contributed by atoms with van der Waals surface area (Å²) in [4.78, 5) is 53.7. The number of carbonyl (C=O) groups excluding carboxylic acids is 4. The SMILES string of the molecule is CCCc1cccc(CCNC(=O)CC(C)(C)C2=C(C)C(=O)C(C(C)(C)CC(=O)NCCc3cccc(CCC)c3)=C(C)C2=O)c1. The smallest absolute Gasteiger partial charge is 0.220 e. The standard InChI is InChI=1S/C40H54N2O4/c1-9-13-29-15-11-17-31(23-29)19-21-41-33(43)25-39(5,6)35-27(3)38(46)36(28(4)37(35)45)40(7,8)26-34(44)42-22-20-32-18-12-16-30(24-32)14-10-2/h11-12,15-18,23-24H,9-10,13-14,19-22,25-26H2,1-8H3,(H,41,43)(H,42,44). The van der Waals surface area contributed by atoms with Gasteiger partial charge in [-0.15, -0.1) is 0 Å². The summed E-state index contributed by atoms with van der Waals surface area (Å²) in [6.07, 6.45) is 5.86. The summed E-state index contributed by atoms with van der Waals surface area (Å²) in [6.45, 7) is 16.1. The Labute approximate surface area is 276 Å². The van der Waals surface area contributed by atoms with Gasteiger partial charge in [0.25, 0.3) is 0 Å². The Kier molecular flexibility index (Phi) is 12.9. The van der Waals surface area contributed by atoms with Gasteiger partial charge in [0.15, 0.2) is 11.6 Å². The summed E-state index contributed by atoms with van der Waals surface area (Å²) in [5.74, 6) is -0.760. The lowest BCUT2D eigenvalue weighted by atomic mass is 9.66. The van der Waals surface area contributed by atoms with E-state index in [1.54, 1.807) is 13.8 Å². The molecular weight excluding hydrogens is 572 g/mol. The lowest BCUT2D eigenvalue weighted by Crippen LogP contribution is -2.39. The molecule has 0 spiro atoms. The number of carbonyl (C=O) groups is 4. The molecule has 3 rings (SSSR count). The van der Waals surface area contributed by atoms with E-state index in [9.17, 15) is 19.2 Å². The number of benzene rings is 2. The molecule has 2 N–H and O–H groups in total. The minimum Gasteiger partial charge on any atom is -0.356 e. The maximum Gasteiger partial charge on any atom is 0.220 e. The molecule has 0 saturated carbocycles. The van der Waals surface area contributed by atoms with E-state index in [0.29, 0.717) is 35.4 Å². The predicted molar refractivity (Wildman–Crippen MR) is 187 cm³/mol. The third-order valence-corrected chi connectivity index (χ3v) is 8.98. The summed E-state index contributed by atoms with van der Waals surface area (Å²) in [6, 6.07) is 16.9. The Bertz CT molecular complexity index is 1400. The highest BCUT2D eigenvalue weighted by Crippen LogP contribution is 2.44. The minimum atomic E-state index is -0.843. The summed E-state index contributed by atoms with van der Waals surface area (Å²) in [5, 5.41) is 6.01. The highest BCUT2D eigenvalue weighted by atomic mass is 16.2. The van der Waals surface area contributed by atoms with E-state index in [1.165, 1.54) is 22.3 Å². The molecule has 6 heteroatoms. The van der Waals surface area contributed by atoms with Crippen LogP contribution in [0.15, 0.2) is 70.8 Å². The van der Waals surface area contributed by atoms with Crippen molar-refractivity contribution in [3.8, 4) is 0 Å². The molecule has 0 saturated heterocycles. The van der Waals surface area contributed by atoms with Gasteiger partial charge >= 0.3 is 0 Å². The van der Waals surface area contributed by atoms with Crippen LogP contribution in [-0.4, -0.2) is 36.5 Å². The van der Waals surface area contributed by atoms with Crippen molar-refractivity contribution >= 4 is 23.4 Å². The van der Waals surface area contributed by atoms with Crippen LogP contribution < -0.4 is 10.6 Å². The molecule has 0 heterocycles.